The van der Waals surface area contributed by atoms with Crippen LogP contribution in [0, 0.1) is 0 Å². The van der Waals surface area contributed by atoms with Gasteiger partial charge in [0.1, 0.15) is 0 Å². The number of thioether (sulfide) groups is 1. The van der Waals surface area contributed by atoms with Gasteiger partial charge in [-0.25, -0.2) is 0 Å². The number of hydrogen-bond acceptors (Lipinski definition) is 5. The molecule has 25 heavy (non-hydrogen) atoms. The molecule has 1 saturated heterocycles. The first-order valence-electron chi connectivity index (χ1n) is 8.50. The molecule has 1 amide bonds. The highest BCUT2D eigenvalue weighted by molar-refractivity contribution is 8.18. The third kappa shape index (κ3) is 3.60. The molecule has 0 unspecified atom stereocenters. The molecule has 2 aromatic rings. The van der Waals surface area contributed by atoms with Crippen LogP contribution in [0.25, 0.3) is 17.0 Å². The van der Waals surface area contributed by atoms with E-state index in [0.717, 1.165) is 42.1 Å². The Balaban J connectivity index is 1.55. The molecule has 2 aliphatic rings. The average Bonchev–Trinajstić information content (AvgIpc) is 2.96. The van der Waals surface area contributed by atoms with Crippen molar-refractivity contribution in [2.75, 3.05) is 0 Å². The van der Waals surface area contributed by atoms with Gasteiger partial charge in [-0.05, 0) is 54.4 Å². The molecule has 1 aliphatic heterocycles. The molecule has 2 fully saturated rings. The summed E-state index contributed by atoms with van der Waals surface area (Å²) >= 11 is 1.34. The zero-order valence-electron chi connectivity index (χ0n) is 13.7. The van der Waals surface area contributed by atoms with E-state index in [0.29, 0.717) is 10.1 Å². The molecule has 1 aliphatic carbocycles. The van der Waals surface area contributed by atoms with Gasteiger partial charge in [0.25, 0.3) is 5.91 Å². The van der Waals surface area contributed by atoms with Gasteiger partial charge in [-0.1, -0.05) is 25.0 Å². The molecule has 2 heterocycles. The van der Waals surface area contributed by atoms with Crippen LogP contribution in [0.3, 0.4) is 0 Å². The maximum Gasteiger partial charge on any atom is 0.264 e. The van der Waals surface area contributed by atoms with Gasteiger partial charge in [-0.2, -0.15) is 0 Å². The Kier molecular flexibility index (Phi) is 4.55. The van der Waals surface area contributed by atoms with Crippen LogP contribution >= 0.6 is 11.8 Å². The monoisotopic (exact) mass is 353 g/mol. The van der Waals surface area contributed by atoms with E-state index in [-0.39, 0.29) is 11.9 Å². The minimum absolute atomic E-state index is 0.109. The highest BCUT2D eigenvalue weighted by atomic mass is 32.2. The number of aliphatic hydroxyl groups is 1. The van der Waals surface area contributed by atoms with Crippen LogP contribution in [0.15, 0.2) is 46.4 Å². The number of pyridine rings is 1. The van der Waals surface area contributed by atoms with Gasteiger partial charge in [-0.15, -0.1) is 0 Å². The Labute approximate surface area is 150 Å². The van der Waals surface area contributed by atoms with Crippen LogP contribution in [0.2, 0.25) is 0 Å². The summed E-state index contributed by atoms with van der Waals surface area (Å²) in [4.78, 5) is 21.7. The SMILES string of the molecule is O=C1NC(=N[C@@H]2CCCC[C@H]2O)SC1=Cc1ccc2ncccc2c1. The molecule has 4 rings (SSSR count). The number of aromatic nitrogens is 1. The minimum Gasteiger partial charge on any atom is -0.391 e. The van der Waals surface area contributed by atoms with E-state index in [1.165, 1.54) is 11.8 Å². The van der Waals surface area contributed by atoms with E-state index < -0.39 is 6.10 Å². The number of carbonyl (C=O) groups is 1. The number of fused-ring (bicyclic) bond motifs is 1. The quantitative estimate of drug-likeness (QED) is 0.814. The number of aliphatic hydroxyl groups excluding tert-OH is 1. The van der Waals surface area contributed by atoms with Gasteiger partial charge in [0.2, 0.25) is 0 Å². The van der Waals surface area contributed by atoms with Crippen molar-refractivity contribution in [3.8, 4) is 0 Å². The lowest BCUT2D eigenvalue weighted by atomic mass is 9.93. The fraction of sp³-hybridized carbons (Fsp3) is 0.316. The van der Waals surface area contributed by atoms with Gasteiger partial charge in [-0.3, -0.25) is 14.8 Å². The molecule has 128 valence electrons. The molecule has 1 aromatic carbocycles. The molecule has 2 N–H and O–H groups in total. The fourth-order valence-corrected chi connectivity index (χ4v) is 4.10. The van der Waals surface area contributed by atoms with Crippen LogP contribution in [0.5, 0.6) is 0 Å². The first kappa shape index (κ1) is 16.3. The number of rotatable bonds is 2. The maximum absolute atomic E-state index is 12.2. The number of nitrogens with one attached hydrogen (secondary N) is 1. The van der Waals surface area contributed by atoms with Crippen LogP contribution in [0.1, 0.15) is 31.2 Å². The molecule has 0 radical (unpaired) electrons. The van der Waals surface area contributed by atoms with Crippen molar-refractivity contribution in [3.05, 3.63) is 47.0 Å². The second-order valence-electron chi connectivity index (χ2n) is 6.37. The molecule has 6 heteroatoms. The maximum atomic E-state index is 12.2. The number of aliphatic imine (C=N–C) groups is 1. The average molecular weight is 353 g/mol. The molecule has 1 aromatic heterocycles. The first-order chi connectivity index (χ1) is 12.2. The number of carbonyl (C=O) groups excluding carboxylic acids is 1. The Bertz CT molecular complexity index is 878. The minimum atomic E-state index is -0.403. The topological polar surface area (TPSA) is 74.6 Å². The van der Waals surface area contributed by atoms with E-state index in [1.807, 2.05) is 36.4 Å². The smallest absolute Gasteiger partial charge is 0.264 e. The van der Waals surface area contributed by atoms with Gasteiger partial charge < -0.3 is 10.4 Å². The van der Waals surface area contributed by atoms with E-state index in [2.05, 4.69) is 15.3 Å². The van der Waals surface area contributed by atoms with Gasteiger partial charge in [0.05, 0.1) is 22.6 Å². The van der Waals surface area contributed by atoms with Crippen molar-refractivity contribution in [2.24, 2.45) is 4.99 Å². The number of amides is 1. The second-order valence-corrected chi connectivity index (χ2v) is 7.40. The van der Waals surface area contributed by atoms with Crippen molar-refractivity contribution >= 4 is 39.8 Å². The number of amidine groups is 1. The van der Waals surface area contributed by atoms with Crippen LogP contribution in [-0.4, -0.2) is 33.3 Å². The Hall–Kier alpha value is -2.18. The van der Waals surface area contributed by atoms with E-state index in [1.54, 1.807) is 6.20 Å². The van der Waals surface area contributed by atoms with Gasteiger partial charge in [0.15, 0.2) is 5.17 Å². The molecular weight excluding hydrogens is 334 g/mol. The zero-order chi connectivity index (χ0) is 17.2. The lowest BCUT2D eigenvalue weighted by Crippen LogP contribution is -2.30. The summed E-state index contributed by atoms with van der Waals surface area (Å²) in [5.41, 5.74) is 1.89. The zero-order valence-corrected chi connectivity index (χ0v) is 14.5. The van der Waals surface area contributed by atoms with Crippen molar-refractivity contribution < 1.29 is 9.90 Å². The summed E-state index contributed by atoms with van der Waals surface area (Å²) in [6, 6.07) is 9.72. The summed E-state index contributed by atoms with van der Waals surface area (Å²) in [5.74, 6) is -0.139. The summed E-state index contributed by atoms with van der Waals surface area (Å²) in [5, 5.41) is 14.5. The Morgan fingerprint density at radius 2 is 2.16 bits per heavy atom. The molecule has 1 saturated carbocycles. The van der Waals surface area contributed by atoms with Crippen LogP contribution in [0.4, 0.5) is 0 Å². The number of benzene rings is 1. The standard InChI is InChI=1S/C19H19N3O2S/c23-16-6-2-1-5-15(16)21-19-22-18(24)17(25-19)11-12-7-8-14-13(10-12)4-3-9-20-14/h3-4,7-11,15-16,23H,1-2,5-6H2,(H,21,22,24)/t15-,16-/m1/s1. The lowest BCUT2D eigenvalue weighted by molar-refractivity contribution is -0.115. The Morgan fingerprint density at radius 3 is 3.04 bits per heavy atom. The number of hydrogen-bond donors (Lipinski definition) is 2. The summed E-state index contributed by atoms with van der Waals surface area (Å²) in [6.45, 7) is 0. The largest absolute Gasteiger partial charge is 0.391 e. The first-order valence-corrected chi connectivity index (χ1v) is 9.32. The van der Waals surface area contributed by atoms with Crippen molar-refractivity contribution in [1.82, 2.24) is 10.3 Å². The highest BCUT2D eigenvalue weighted by Gasteiger charge is 2.28. The number of nitrogens with zero attached hydrogens (tertiary/aromatic N) is 2. The van der Waals surface area contributed by atoms with E-state index in [9.17, 15) is 9.90 Å². The summed E-state index contributed by atoms with van der Waals surface area (Å²) in [7, 11) is 0. The molecule has 0 bridgehead atoms. The van der Waals surface area contributed by atoms with Crippen molar-refractivity contribution in [2.45, 2.75) is 37.8 Å². The predicted octanol–water partition coefficient (Wildman–Crippen LogP) is 3.10. The summed E-state index contributed by atoms with van der Waals surface area (Å²) in [6.07, 6.45) is 7.01. The molecule has 0 spiro atoms. The fourth-order valence-electron chi connectivity index (χ4n) is 3.22. The van der Waals surface area contributed by atoms with E-state index in [4.69, 9.17) is 0 Å². The summed E-state index contributed by atoms with van der Waals surface area (Å²) < 4.78 is 0. The second kappa shape index (κ2) is 6.98. The highest BCUT2D eigenvalue weighted by Crippen LogP contribution is 2.29. The molecular formula is C19H19N3O2S. The van der Waals surface area contributed by atoms with Crippen LogP contribution < -0.4 is 5.32 Å². The van der Waals surface area contributed by atoms with Gasteiger partial charge >= 0.3 is 0 Å². The lowest BCUT2D eigenvalue weighted by Gasteiger charge is -2.24. The van der Waals surface area contributed by atoms with Crippen molar-refractivity contribution in [1.29, 1.82) is 0 Å². The van der Waals surface area contributed by atoms with Gasteiger partial charge in [0, 0.05) is 11.6 Å². The molecule has 2 atom stereocenters. The predicted molar refractivity (Wildman–Crippen MR) is 101 cm³/mol. The van der Waals surface area contributed by atoms with E-state index >= 15 is 0 Å². The molecule has 5 nitrogen and oxygen atoms in total. The Morgan fingerprint density at radius 1 is 1.28 bits per heavy atom. The third-order valence-corrected chi connectivity index (χ3v) is 5.48. The third-order valence-electron chi connectivity index (χ3n) is 4.55. The van der Waals surface area contributed by atoms with Crippen molar-refractivity contribution in [3.63, 3.8) is 0 Å². The van der Waals surface area contributed by atoms with Crippen LogP contribution in [-0.2, 0) is 4.79 Å². The normalized spacial score (nSPS) is 27.2.